The van der Waals surface area contributed by atoms with Crippen LogP contribution in [0, 0.1) is 0 Å². The van der Waals surface area contributed by atoms with Crippen LogP contribution in [0.5, 0.6) is 0 Å². The van der Waals surface area contributed by atoms with Crippen molar-refractivity contribution in [1.82, 2.24) is 5.32 Å². The van der Waals surface area contributed by atoms with Crippen LogP contribution in [0.25, 0.3) is 0 Å². The highest BCUT2D eigenvalue weighted by molar-refractivity contribution is 7.84. The molecule has 2 atom stereocenters. The summed E-state index contributed by atoms with van der Waals surface area (Å²) >= 11 is 0. The molecular formula is C9H17NO3S. The summed E-state index contributed by atoms with van der Waals surface area (Å²) in [6.45, 7) is 4.79. The third-order valence-electron chi connectivity index (χ3n) is 1.77. The summed E-state index contributed by atoms with van der Waals surface area (Å²) in [4.78, 5) is 10.3. The van der Waals surface area contributed by atoms with Gasteiger partial charge in [-0.1, -0.05) is 5.57 Å². The number of carbonyl (C=O) groups is 1. The van der Waals surface area contributed by atoms with Gasteiger partial charge in [0.25, 0.3) is 0 Å². The average Bonchev–Trinajstić information content (AvgIpc) is 2.02. The molecule has 2 unspecified atom stereocenters. The fourth-order valence-electron chi connectivity index (χ4n) is 0.852. The third-order valence-corrected chi connectivity index (χ3v) is 3.07. The summed E-state index contributed by atoms with van der Waals surface area (Å²) in [7, 11) is -0.834. The van der Waals surface area contributed by atoms with E-state index in [0.717, 1.165) is 5.57 Å². The zero-order chi connectivity index (χ0) is 11.1. The fourth-order valence-corrected chi connectivity index (χ4v) is 1.20. The standard InChI is InChI=1S/C9H17NO3S/c1-7(4-9(11)12)5-10-6-8(2)14(3)13/h4,8,10H,5-6H2,1-3H3,(H,11,12). The first kappa shape index (κ1) is 13.3. The topological polar surface area (TPSA) is 66.4 Å². The lowest BCUT2D eigenvalue weighted by Gasteiger charge is -2.09. The molecule has 5 heteroatoms. The second-order valence-electron chi connectivity index (χ2n) is 3.27. The van der Waals surface area contributed by atoms with E-state index in [4.69, 9.17) is 5.11 Å². The molecule has 0 aliphatic carbocycles. The van der Waals surface area contributed by atoms with E-state index in [0.29, 0.717) is 13.1 Å². The summed E-state index contributed by atoms with van der Waals surface area (Å²) in [6.07, 6.45) is 2.83. The summed E-state index contributed by atoms with van der Waals surface area (Å²) in [5.74, 6) is -0.934. The van der Waals surface area contributed by atoms with E-state index in [1.165, 1.54) is 6.08 Å². The lowest BCUT2D eigenvalue weighted by Crippen LogP contribution is -2.28. The SMILES string of the molecule is CC(=CC(=O)O)CNCC(C)S(C)=O. The highest BCUT2D eigenvalue weighted by Gasteiger charge is 2.04. The van der Waals surface area contributed by atoms with E-state index in [1.807, 2.05) is 6.92 Å². The van der Waals surface area contributed by atoms with Crippen LogP contribution in [0.3, 0.4) is 0 Å². The number of nitrogens with one attached hydrogen (secondary N) is 1. The molecule has 0 spiro atoms. The maximum atomic E-state index is 11.0. The second kappa shape index (κ2) is 6.73. The van der Waals surface area contributed by atoms with Crippen molar-refractivity contribution in [2.45, 2.75) is 19.1 Å². The Morgan fingerprint density at radius 3 is 2.64 bits per heavy atom. The largest absolute Gasteiger partial charge is 0.478 e. The van der Waals surface area contributed by atoms with E-state index in [9.17, 15) is 9.00 Å². The Labute approximate surface area is 86.8 Å². The number of rotatable bonds is 6. The molecule has 0 aromatic rings. The zero-order valence-electron chi connectivity index (χ0n) is 8.74. The molecule has 0 fully saturated rings. The van der Waals surface area contributed by atoms with Gasteiger partial charge in [-0.15, -0.1) is 0 Å². The second-order valence-corrected chi connectivity index (χ2v) is 5.07. The maximum Gasteiger partial charge on any atom is 0.328 e. The highest BCUT2D eigenvalue weighted by atomic mass is 32.2. The van der Waals surface area contributed by atoms with Gasteiger partial charge in [-0.05, 0) is 13.8 Å². The molecule has 0 aromatic carbocycles. The predicted octanol–water partition coefficient (Wildman–Crippen LogP) is 0.374. The van der Waals surface area contributed by atoms with Crippen molar-refractivity contribution < 1.29 is 14.1 Å². The summed E-state index contributed by atoms with van der Waals surface area (Å²) in [5.41, 5.74) is 0.756. The number of hydrogen-bond acceptors (Lipinski definition) is 3. The number of carboxylic acid groups (broad SMARTS) is 1. The molecule has 0 heterocycles. The minimum Gasteiger partial charge on any atom is -0.478 e. The first-order valence-electron chi connectivity index (χ1n) is 4.36. The Morgan fingerprint density at radius 1 is 1.64 bits per heavy atom. The first-order valence-corrected chi connectivity index (χ1v) is 5.98. The molecule has 0 aromatic heterocycles. The molecule has 14 heavy (non-hydrogen) atoms. The van der Waals surface area contributed by atoms with Crippen molar-refractivity contribution in [3.05, 3.63) is 11.6 Å². The van der Waals surface area contributed by atoms with E-state index in [-0.39, 0.29) is 5.25 Å². The van der Waals surface area contributed by atoms with E-state index in [2.05, 4.69) is 5.32 Å². The van der Waals surface area contributed by atoms with Crippen LogP contribution in [0.2, 0.25) is 0 Å². The lowest BCUT2D eigenvalue weighted by molar-refractivity contribution is -0.131. The zero-order valence-corrected chi connectivity index (χ0v) is 9.56. The minimum atomic E-state index is -0.934. The Balaban J connectivity index is 3.74. The van der Waals surface area contributed by atoms with Gasteiger partial charge in [0.15, 0.2) is 0 Å². The van der Waals surface area contributed by atoms with Gasteiger partial charge < -0.3 is 10.4 Å². The van der Waals surface area contributed by atoms with Crippen LogP contribution in [0.4, 0.5) is 0 Å². The minimum absolute atomic E-state index is 0.0904. The molecule has 0 bridgehead atoms. The molecule has 0 radical (unpaired) electrons. The molecular weight excluding hydrogens is 202 g/mol. The average molecular weight is 219 g/mol. The first-order chi connectivity index (χ1) is 6.43. The Bertz CT molecular complexity index is 250. The molecule has 0 aliphatic rings. The quantitative estimate of drug-likeness (QED) is 0.634. The van der Waals surface area contributed by atoms with E-state index >= 15 is 0 Å². The van der Waals surface area contributed by atoms with Crippen LogP contribution in [-0.2, 0) is 15.6 Å². The fraction of sp³-hybridized carbons (Fsp3) is 0.667. The maximum absolute atomic E-state index is 11.0. The van der Waals surface area contributed by atoms with Crippen molar-refractivity contribution in [2.75, 3.05) is 19.3 Å². The lowest BCUT2D eigenvalue weighted by atomic mass is 10.3. The molecule has 4 nitrogen and oxygen atoms in total. The van der Waals surface area contributed by atoms with Crippen molar-refractivity contribution in [1.29, 1.82) is 0 Å². The summed E-state index contributed by atoms with van der Waals surface area (Å²) < 4.78 is 11.0. The Hall–Kier alpha value is -0.680. The van der Waals surface area contributed by atoms with Crippen molar-refractivity contribution >= 4 is 16.8 Å². The van der Waals surface area contributed by atoms with Gasteiger partial charge in [0, 0.05) is 41.5 Å². The van der Waals surface area contributed by atoms with E-state index < -0.39 is 16.8 Å². The highest BCUT2D eigenvalue weighted by Crippen LogP contribution is 1.92. The van der Waals surface area contributed by atoms with Crippen LogP contribution < -0.4 is 5.32 Å². The van der Waals surface area contributed by atoms with Gasteiger partial charge in [0.05, 0.1) is 0 Å². The Kier molecular flexibility index (Phi) is 6.40. The number of carboxylic acids is 1. The molecule has 0 rings (SSSR count). The smallest absolute Gasteiger partial charge is 0.328 e. The predicted molar refractivity (Wildman–Crippen MR) is 57.8 cm³/mol. The molecule has 2 N–H and O–H groups in total. The van der Waals surface area contributed by atoms with Crippen LogP contribution in [0.15, 0.2) is 11.6 Å². The molecule has 0 amide bonds. The molecule has 0 saturated carbocycles. The van der Waals surface area contributed by atoms with Gasteiger partial charge in [-0.25, -0.2) is 4.79 Å². The Morgan fingerprint density at radius 2 is 2.21 bits per heavy atom. The molecule has 0 saturated heterocycles. The van der Waals surface area contributed by atoms with Crippen LogP contribution in [0.1, 0.15) is 13.8 Å². The molecule has 0 aliphatic heterocycles. The van der Waals surface area contributed by atoms with Gasteiger partial charge in [-0.3, -0.25) is 4.21 Å². The summed E-state index contributed by atoms with van der Waals surface area (Å²) in [6, 6.07) is 0. The van der Waals surface area contributed by atoms with Gasteiger partial charge in [-0.2, -0.15) is 0 Å². The van der Waals surface area contributed by atoms with Crippen molar-refractivity contribution in [3.8, 4) is 0 Å². The normalized spacial score (nSPS) is 16.4. The van der Waals surface area contributed by atoms with Crippen LogP contribution >= 0.6 is 0 Å². The van der Waals surface area contributed by atoms with Gasteiger partial charge in [0.2, 0.25) is 0 Å². The third kappa shape index (κ3) is 6.80. The monoisotopic (exact) mass is 219 g/mol. The number of aliphatic carboxylic acids is 1. The van der Waals surface area contributed by atoms with Gasteiger partial charge >= 0.3 is 5.97 Å². The van der Waals surface area contributed by atoms with Crippen molar-refractivity contribution in [2.24, 2.45) is 0 Å². The number of hydrogen-bond donors (Lipinski definition) is 2. The summed E-state index contributed by atoms with van der Waals surface area (Å²) in [5, 5.41) is 11.6. The van der Waals surface area contributed by atoms with Gasteiger partial charge in [0.1, 0.15) is 0 Å². The van der Waals surface area contributed by atoms with Crippen LogP contribution in [-0.4, -0.2) is 39.9 Å². The van der Waals surface area contributed by atoms with Crippen molar-refractivity contribution in [3.63, 3.8) is 0 Å². The molecule has 82 valence electrons. The van der Waals surface area contributed by atoms with E-state index in [1.54, 1.807) is 13.2 Å².